The van der Waals surface area contributed by atoms with Crippen LogP contribution >= 0.6 is 0 Å². The van der Waals surface area contributed by atoms with Crippen molar-refractivity contribution in [3.05, 3.63) is 112 Å². The third-order valence-corrected chi connectivity index (χ3v) is 12.4. The van der Waals surface area contributed by atoms with E-state index in [9.17, 15) is 34.5 Å². The number of amides is 1. The highest BCUT2D eigenvalue weighted by Gasteiger charge is 2.49. The van der Waals surface area contributed by atoms with E-state index in [1.165, 1.54) is 6.07 Å². The SMILES string of the molecule is NC1=CC(CCO[C@@H]2[C@H]3Oc4c(cc5c(c4OC[C@H](O)CC=O)C(=O)c4ccccc4C5=O)[C@H](c4ccccc4N4CN[C@H]5C(=O)N[C@@H](N)N[C@H]54)CCOC[C@H](O3)[C@H](O)[C@H]2O)=CCN1. The molecule has 338 valence electrons. The number of aliphatic hydroxyl groups is 3. The number of nitrogens with one attached hydrogen (secondary N) is 4. The van der Waals surface area contributed by atoms with Crippen molar-refractivity contribution in [2.24, 2.45) is 11.5 Å². The van der Waals surface area contributed by atoms with Gasteiger partial charge in [-0.2, -0.15) is 0 Å². The molecule has 6 aliphatic rings. The first-order chi connectivity index (χ1) is 31.0. The quantitative estimate of drug-likeness (QED) is 0.0843. The third-order valence-electron chi connectivity index (χ3n) is 12.4. The van der Waals surface area contributed by atoms with E-state index in [1.807, 2.05) is 35.2 Å². The summed E-state index contributed by atoms with van der Waals surface area (Å²) in [4.78, 5) is 55.8. The Kier molecular flexibility index (Phi) is 12.5. The lowest BCUT2D eigenvalue weighted by Gasteiger charge is -2.42. The van der Waals surface area contributed by atoms with Crippen molar-refractivity contribution in [3.63, 3.8) is 0 Å². The molecule has 3 aromatic rings. The number of dihydropyridines is 1. The van der Waals surface area contributed by atoms with Crippen LogP contribution in [0, 0.1) is 0 Å². The molecule has 19 nitrogen and oxygen atoms in total. The number of hydrogen-bond donors (Lipinski definition) is 9. The molecular formula is C45H51N7O12. The van der Waals surface area contributed by atoms with Gasteiger partial charge in [-0.3, -0.25) is 30.8 Å². The zero-order valence-corrected chi connectivity index (χ0v) is 34.7. The number of aliphatic hydroxyl groups excluding tert-OH is 3. The number of nitrogens with zero attached hydrogens (tertiary/aromatic N) is 1. The Morgan fingerprint density at radius 1 is 1.00 bits per heavy atom. The largest absolute Gasteiger partial charge is 0.486 e. The first-order valence-corrected chi connectivity index (χ1v) is 21.3. The fourth-order valence-corrected chi connectivity index (χ4v) is 9.26. The fraction of sp³-hybridized carbons (Fsp3) is 0.422. The number of aldehydes is 1. The van der Waals surface area contributed by atoms with Crippen LogP contribution in [-0.4, -0.2) is 134 Å². The molecule has 5 heterocycles. The summed E-state index contributed by atoms with van der Waals surface area (Å²) in [6, 6.07) is 14.9. The Bertz CT molecular complexity index is 2380. The lowest BCUT2D eigenvalue weighted by atomic mass is 9.79. The Balaban J connectivity index is 1.21. The van der Waals surface area contributed by atoms with Gasteiger partial charge in [-0.15, -0.1) is 0 Å². The molecular weight excluding hydrogens is 831 g/mol. The Morgan fingerprint density at radius 2 is 1.78 bits per heavy atom. The van der Waals surface area contributed by atoms with Crippen molar-refractivity contribution in [3.8, 4) is 11.5 Å². The van der Waals surface area contributed by atoms with E-state index in [2.05, 4.69) is 21.3 Å². The average molecular weight is 882 g/mol. The van der Waals surface area contributed by atoms with Gasteiger partial charge >= 0.3 is 0 Å². The number of carbonyl (C=O) groups is 4. The van der Waals surface area contributed by atoms with Gasteiger partial charge in [0.15, 0.2) is 23.1 Å². The van der Waals surface area contributed by atoms with Crippen molar-refractivity contribution in [1.82, 2.24) is 21.3 Å². The molecule has 19 heteroatoms. The van der Waals surface area contributed by atoms with Crippen molar-refractivity contribution in [2.75, 3.05) is 44.5 Å². The maximum atomic E-state index is 14.7. The number of fused-ring (bicyclic) bond motifs is 6. The predicted octanol–water partition coefficient (Wildman–Crippen LogP) is -0.703. The van der Waals surface area contributed by atoms with Gasteiger partial charge in [0.2, 0.25) is 12.2 Å². The third kappa shape index (κ3) is 8.26. The van der Waals surface area contributed by atoms with Crippen LogP contribution in [0.25, 0.3) is 0 Å². The number of carbonyl (C=O) groups excluding carboxylic acids is 4. The highest BCUT2D eigenvalue weighted by atomic mass is 16.7. The van der Waals surface area contributed by atoms with E-state index >= 15 is 0 Å². The second-order valence-corrected chi connectivity index (χ2v) is 16.5. The number of ether oxygens (including phenoxy) is 5. The lowest BCUT2D eigenvalue weighted by Crippen LogP contribution is -2.70. The van der Waals surface area contributed by atoms with Gasteiger partial charge in [0.25, 0.3) is 0 Å². The molecule has 10 atom stereocenters. The molecule has 1 amide bonds. The molecule has 0 unspecified atom stereocenters. The minimum Gasteiger partial charge on any atom is -0.486 e. The molecule has 3 aromatic carbocycles. The van der Waals surface area contributed by atoms with Crippen LogP contribution in [0.4, 0.5) is 5.69 Å². The molecule has 3 saturated heterocycles. The number of nitrogens with two attached hydrogens (primary N) is 2. The molecule has 3 fully saturated rings. The summed E-state index contributed by atoms with van der Waals surface area (Å²) in [5.41, 5.74) is 15.0. The van der Waals surface area contributed by atoms with Crippen LogP contribution in [0.3, 0.4) is 0 Å². The van der Waals surface area contributed by atoms with Crippen LogP contribution in [0.2, 0.25) is 0 Å². The maximum absolute atomic E-state index is 14.7. The van der Waals surface area contributed by atoms with E-state index in [4.69, 9.17) is 35.2 Å². The Morgan fingerprint density at radius 3 is 2.58 bits per heavy atom. The zero-order valence-electron chi connectivity index (χ0n) is 34.7. The van der Waals surface area contributed by atoms with Gasteiger partial charge in [-0.25, -0.2) is 0 Å². The van der Waals surface area contributed by atoms with E-state index in [1.54, 1.807) is 30.3 Å². The van der Waals surface area contributed by atoms with Gasteiger partial charge < -0.3 is 65.1 Å². The standard InChI is InChI=1S/C45H51N7O12/c46-32-17-22(9-13-48-32)11-16-61-41-38(58)37(57)31-20-60-15-12-24(25-5-3-4-8-30(25)52-21-49-34-42(52)50-45(47)51-43(34)59)28-18-29-33(36(56)27-7-2-1-6-26(27)35(29)55)40(39(28)64-44(41)63-31)62-19-23(54)10-14-53/h1-9,14,17-18,23-24,31,34,37-38,41-42,44-45,48-50,54,57-58H,10-13,15-16,19-21,46-47H2,(H,51,59)/t23-,24+,31+,34-,37+,38-,41+,42+,44-,45+/m1/s1. The average Bonchev–Trinajstić information content (AvgIpc) is 3.70. The van der Waals surface area contributed by atoms with Crippen LogP contribution in [0.5, 0.6) is 11.5 Å². The monoisotopic (exact) mass is 881 g/mol. The van der Waals surface area contributed by atoms with Crippen LogP contribution in [0.15, 0.2) is 78.1 Å². The smallest absolute Gasteiger partial charge is 0.242 e. The summed E-state index contributed by atoms with van der Waals surface area (Å²) in [7, 11) is 0. The van der Waals surface area contributed by atoms with Crippen LogP contribution in [0.1, 0.15) is 68.2 Å². The number of rotatable bonds is 11. The minimum atomic E-state index is -1.55. The zero-order chi connectivity index (χ0) is 44.6. The summed E-state index contributed by atoms with van der Waals surface area (Å²) in [5, 5.41) is 46.2. The van der Waals surface area contributed by atoms with Crippen molar-refractivity contribution < 1.29 is 58.2 Å². The van der Waals surface area contributed by atoms with Crippen LogP contribution in [-0.2, 0) is 23.8 Å². The van der Waals surface area contributed by atoms with E-state index < -0.39 is 79.4 Å². The number of hydrogen-bond acceptors (Lipinski definition) is 18. The molecule has 1 aliphatic carbocycles. The van der Waals surface area contributed by atoms with Crippen molar-refractivity contribution >= 4 is 29.4 Å². The molecule has 64 heavy (non-hydrogen) atoms. The normalized spacial score (nSPS) is 29.2. The molecule has 0 spiro atoms. The first kappa shape index (κ1) is 43.5. The number of para-hydroxylation sites is 1. The van der Waals surface area contributed by atoms with Crippen molar-refractivity contribution in [1.29, 1.82) is 0 Å². The van der Waals surface area contributed by atoms with E-state index in [0.717, 1.165) is 5.57 Å². The second kappa shape index (κ2) is 18.4. The summed E-state index contributed by atoms with van der Waals surface area (Å²) in [6.45, 7) is 0.267. The molecule has 0 saturated carbocycles. The van der Waals surface area contributed by atoms with Gasteiger partial charge in [-0.05, 0) is 42.2 Å². The number of anilines is 1. The van der Waals surface area contributed by atoms with Gasteiger partial charge in [0, 0.05) is 53.4 Å². The van der Waals surface area contributed by atoms with Gasteiger partial charge in [-0.1, -0.05) is 48.5 Å². The summed E-state index contributed by atoms with van der Waals surface area (Å²) in [5.74, 6) is -1.76. The molecule has 5 aliphatic heterocycles. The first-order valence-electron chi connectivity index (χ1n) is 21.3. The topological polar surface area (TPSA) is 279 Å². The summed E-state index contributed by atoms with van der Waals surface area (Å²) >= 11 is 0. The molecule has 2 bridgehead atoms. The molecule has 11 N–H and O–H groups in total. The second-order valence-electron chi connectivity index (χ2n) is 16.5. The van der Waals surface area contributed by atoms with Crippen molar-refractivity contribution in [2.45, 2.75) is 80.5 Å². The Hall–Kier alpha value is -5.74. The van der Waals surface area contributed by atoms with E-state index in [-0.39, 0.29) is 79.0 Å². The summed E-state index contributed by atoms with van der Waals surface area (Å²) in [6.07, 6.45) is -5.01. The molecule has 0 aromatic heterocycles. The number of benzene rings is 3. The van der Waals surface area contributed by atoms with Crippen LogP contribution < -0.4 is 47.1 Å². The van der Waals surface area contributed by atoms with Gasteiger partial charge in [0.1, 0.15) is 55.8 Å². The fourth-order valence-electron chi connectivity index (χ4n) is 9.26. The predicted molar refractivity (Wildman–Crippen MR) is 227 cm³/mol. The molecule has 9 rings (SSSR count). The number of ketones is 2. The van der Waals surface area contributed by atoms with Gasteiger partial charge in [0.05, 0.1) is 37.4 Å². The van der Waals surface area contributed by atoms with E-state index in [0.29, 0.717) is 41.9 Å². The number of allylic oxidation sites excluding steroid dienone is 1. The summed E-state index contributed by atoms with van der Waals surface area (Å²) < 4.78 is 32.2. The highest BCUT2D eigenvalue weighted by Crippen LogP contribution is 2.50. The highest BCUT2D eigenvalue weighted by molar-refractivity contribution is 6.29. The molecule has 0 radical (unpaired) electrons. The lowest BCUT2D eigenvalue weighted by molar-refractivity contribution is -0.289. The minimum absolute atomic E-state index is 0.0111. The maximum Gasteiger partial charge on any atom is 0.242 e. The Labute approximate surface area is 367 Å².